The number of hydrogen-bond acceptors (Lipinski definition) is 3. The Kier molecular flexibility index (Phi) is 6.89. The maximum atomic E-state index is 11.7. The summed E-state index contributed by atoms with van der Waals surface area (Å²) in [4.78, 5) is 11.7. The maximum absolute atomic E-state index is 11.7. The molecule has 0 spiro atoms. The van der Waals surface area contributed by atoms with Crippen LogP contribution in [0.3, 0.4) is 0 Å². The number of ether oxygens (including phenoxy) is 1. The van der Waals surface area contributed by atoms with Crippen molar-refractivity contribution in [1.29, 1.82) is 0 Å². The molecule has 2 atom stereocenters. The number of amides is 1. The van der Waals surface area contributed by atoms with Crippen LogP contribution in [0.5, 0.6) is 5.75 Å². The lowest BCUT2D eigenvalue weighted by molar-refractivity contribution is -0.123. The van der Waals surface area contributed by atoms with Crippen molar-refractivity contribution in [2.45, 2.75) is 32.4 Å². The summed E-state index contributed by atoms with van der Waals surface area (Å²) in [7, 11) is 0. The van der Waals surface area contributed by atoms with Crippen molar-refractivity contribution < 1.29 is 14.6 Å². The molecule has 0 aliphatic carbocycles. The largest absolute Gasteiger partial charge is 0.482 e. The monoisotopic (exact) mass is 339 g/mol. The van der Waals surface area contributed by atoms with Crippen LogP contribution >= 0.6 is 34.8 Å². The predicted octanol–water partition coefficient (Wildman–Crippen LogP) is 3.30. The quantitative estimate of drug-likeness (QED) is 0.781. The van der Waals surface area contributed by atoms with Gasteiger partial charge in [-0.3, -0.25) is 4.79 Å². The first-order chi connectivity index (χ1) is 9.29. The average molecular weight is 341 g/mol. The molecule has 0 bridgehead atoms. The first-order valence-electron chi connectivity index (χ1n) is 6.04. The number of carbonyl (C=O) groups is 1. The van der Waals surface area contributed by atoms with Crippen LogP contribution in [0, 0.1) is 0 Å². The number of carbonyl (C=O) groups excluding carboxylic acids is 1. The van der Waals surface area contributed by atoms with E-state index in [1.165, 1.54) is 12.1 Å². The standard InChI is InChI=1S/C13H16Cl3NO3/c1-7(3-8(2)18)17-13(19)6-20-12-5-10(15)9(14)4-11(12)16/h4-5,7-8,18H,3,6H2,1-2H3,(H,17,19). The minimum atomic E-state index is -0.476. The van der Waals surface area contributed by atoms with Gasteiger partial charge in [-0.1, -0.05) is 34.8 Å². The van der Waals surface area contributed by atoms with E-state index in [2.05, 4.69) is 5.32 Å². The second-order valence-corrected chi connectivity index (χ2v) is 5.76. The van der Waals surface area contributed by atoms with Gasteiger partial charge in [0.2, 0.25) is 0 Å². The molecule has 0 aromatic heterocycles. The van der Waals surface area contributed by atoms with E-state index in [1.54, 1.807) is 13.8 Å². The molecule has 1 amide bonds. The molecule has 0 aliphatic heterocycles. The molecule has 1 aromatic rings. The molecule has 1 aromatic carbocycles. The summed E-state index contributed by atoms with van der Waals surface area (Å²) in [5.74, 6) is -0.0142. The fourth-order valence-electron chi connectivity index (χ4n) is 1.65. The molecule has 0 saturated heterocycles. The van der Waals surface area contributed by atoms with E-state index >= 15 is 0 Å². The molecular weight excluding hydrogens is 325 g/mol. The Bertz CT molecular complexity index is 480. The number of halogens is 3. The lowest BCUT2D eigenvalue weighted by Crippen LogP contribution is -2.37. The topological polar surface area (TPSA) is 58.6 Å². The molecule has 0 aliphatic rings. The number of aliphatic hydroxyl groups is 1. The van der Waals surface area contributed by atoms with Gasteiger partial charge in [-0.15, -0.1) is 0 Å². The first-order valence-corrected chi connectivity index (χ1v) is 7.17. The maximum Gasteiger partial charge on any atom is 0.258 e. The Morgan fingerprint density at radius 3 is 2.45 bits per heavy atom. The third-order valence-electron chi connectivity index (χ3n) is 2.44. The van der Waals surface area contributed by atoms with E-state index in [0.29, 0.717) is 22.2 Å². The molecule has 0 fully saturated rings. The summed E-state index contributed by atoms with van der Waals surface area (Å²) < 4.78 is 5.29. The van der Waals surface area contributed by atoms with Gasteiger partial charge in [0.25, 0.3) is 5.91 Å². The predicted molar refractivity (Wildman–Crippen MR) is 80.9 cm³/mol. The third-order valence-corrected chi connectivity index (χ3v) is 3.45. The van der Waals surface area contributed by atoms with E-state index in [1.807, 2.05) is 0 Å². The Hall–Kier alpha value is -0.680. The number of nitrogens with one attached hydrogen (secondary N) is 1. The van der Waals surface area contributed by atoms with Crippen LogP contribution in [0.25, 0.3) is 0 Å². The minimum Gasteiger partial charge on any atom is -0.482 e. The Balaban J connectivity index is 2.51. The van der Waals surface area contributed by atoms with Gasteiger partial charge in [0.05, 0.1) is 21.2 Å². The Labute approximate surface area is 133 Å². The lowest BCUT2D eigenvalue weighted by atomic mass is 10.1. The van der Waals surface area contributed by atoms with Gasteiger partial charge >= 0.3 is 0 Å². The van der Waals surface area contributed by atoms with E-state index in [-0.39, 0.29) is 23.6 Å². The molecule has 7 heteroatoms. The number of rotatable bonds is 6. The van der Waals surface area contributed by atoms with Crippen LogP contribution in [0.1, 0.15) is 20.3 Å². The zero-order valence-corrected chi connectivity index (χ0v) is 13.4. The molecule has 0 radical (unpaired) electrons. The summed E-state index contributed by atoms with van der Waals surface area (Å²) >= 11 is 17.6. The molecule has 2 N–H and O–H groups in total. The number of benzene rings is 1. The van der Waals surface area contributed by atoms with Crippen molar-refractivity contribution >= 4 is 40.7 Å². The average Bonchev–Trinajstić information content (AvgIpc) is 2.30. The summed E-state index contributed by atoms with van der Waals surface area (Å²) in [5.41, 5.74) is 0. The van der Waals surface area contributed by atoms with Gasteiger partial charge < -0.3 is 15.2 Å². The second kappa shape index (κ2) is 7.93. The molecule has 2 unspecified atom stereocenters. The highest BCUT2D eigenvalue weighted by atomic mass is 35.5. The fraction of sp³-hybridized carbons (Fsp3) is 0.462. The van der Waals surface area contributed by atoms with E-state index in [9.17, 15) is 9.90 Å². The molecule has 0 saturated carbocycles. The highest BCUT2D eigenvalue weighted by molar-refractivity contribution is 6.43. The third kappa shape index (κ3) is 5.75. The lowest BCUT2D eigenvalue weighted by Gasteiger charge is -2.16. The van der Waals surface area contributed by atoms with Gasteiger partial charge in [-0.05, 0) is 26.3 Å². The fourth-order valence-corrected chi connectivity index (χ4v) is 2.24. The highest BCUT2D eigenvalue weighted by Crippen LogP contribution is 2.33. The second-order valence-electron chi connectivity index (χ2n) is 4.54. The van der Waals surface area contributed by atoms with Crippen LogP contribution < -0.4 is 10.1 Å². The Morgan fingerprint density at radius 2 is 1.85 bits per heavy atom. The minimum absolute atomic E-state index is 0.143. The van der Waals surface area contributed by atoms with Crippen LogP contribution in [0.2, 0.25) is 15.1 Å². The zero-order chi connectivity index (χ0) is 15.3. The summed E-state index contributed by atoms with van der Waals surface area (Å²) in [6, 6.07) is 2.77. The van der Waals surface area contributed by atoms with E-state index in [0.717, 1.165) is 0 Å². The van der Waals surface area contributed by atoms with Crippen molar-refractivity contribution in [2.24, 2.45) is 0 Å². The van der Waals surface area contributed by atoms with Crippen molar-refractivity contribution in [2.75, 3.05) is 6.61 Å². The zero-order valence-electron chi connectivity index (χ0n) is 11.1. The van der Waals surface area contributed by atoms with Gasteiger partial charge in [-0.25, -0.2) is 0 Å². The van der Waals surface area contributed by atoms with Crippen molar-refractivity contribution in [3.63, 3.8) is 0 Å². The van der Waals surface area contributed by atoms with Crippen LogP contribution in [0.15, 0.2) is 12.1 Å². The molecular formula is C13H16Cl3NO3. The highest BCUT2D eigenvalue weighted by Gasteiger charge is 2.12. The van der Waals surface area contributed by atoms with Crippen LogP contribution in [-0.4, -0.2) is 29.8 Å². The van der Waals surface area contributed by atoms with E-state index in [4.69, 9.17) is 39.5 Å². The van der Waals surface area contributed by atoms with Gasteiger partial charge in [0.1, 0.15) is 5.75 Å². The van der Waals surface area contributed by atoms with Crippen molar-refractivity contribution in [1.82, 2.24) is 5.32 Å². The molecule has 4 nitrogen and oxygen atoms in total. The molecule has 20 heavy (non-hydrogen) atoms. The molecule has 0 heterocycles. The number of hydrogen-bond donors (Lipinski definition) is 2. The SMILES string of the molecule is CC(O)CC(C)NC(=O)COc1cc(Cl)c(Cl)cc1Cl. The Morgan fingerprint density at radius 1 is 1.25 bits per heavy atom. The normalized spacial score (nSPS) is 13.7. The molecule has 1 rings (SSSR count). The van der Waals surface area contributed by atoms with E-state index < -0.39 is 6.10 Å². The smallest absolute Gasteiger partial charge is 0.258 e. The van der Waals surface area contributed by atoms with Crippen molar-refractivity contribution in [3.05, 3.63) is 27.2 Å². The van der Waals surface area contributed by atoms with Crippen LogP contribution in [0.4, 0.5) is 0 Å². The number of aliphatic hydroxyl groups excluding tert-OH is 1. The summed E-state index contributed by atoms with van der Waals surface area (Å²) in [6.07, 6.45) is -0.00467. The summed E-state index contributed by atoms with van der Waals surface area (Å²) in [5, 5.41) is 12.8. The van der Waals surface area contributed by atoms with Gasteiger partial charge in [-0.2, -0.15) is 0 Å². The molecule has 112 valence electrons. The van der Waals surface area contributed by atoms with Crippen molar-refractivity contribution in [3.8, 4) is 5.75 Å². The first kappa shape index (κ1) is 17.4. The van der Waals surface area contributed by atoms with Gasteiger partial charge in [0.15, 0.2) is 6.61 Å². The van der Waals surface area contributed by atoms with Gasteiger partial charge in [0, 0.05) is 12.1 Å². The summed E-state index contributed by atoms with van der Waals surface area (Å²) in [6.45, 7) is 3.27. The van der Waals surface area contributed by atoms with Crippen LogP contribution in [-0.2, 0) is 4.79 Å².